The van der Waals surface area contributed by atoms with Gasteiger partial charge in [-0.3, -0.25) is 4.79 Å². The molecule has 84 valence electrons. The van der Waals surface area contributed by atoms with E-state index in [9.17, 15) is 4.79 Å². The minimum absolute atomic E-state index is 0.0118. The van der Waals surface area contributed by atoms with Crippen LogP contribution in [0.2, 0.25) is 0 Å². The molecule has 1 unspecified atom stereocenters. The van der Waals surface area contributed by atoms with E-state index in [1.54, 1.807) is 11.8 Å². The molecule has 1 N–H and O–H groups in total. The summed E-state index contributed by atoms with van der Waals surface area (Å²) in [5.41, 5.74) is 0.668. The lowest BCUT2D eigenvalue weighted by Gasteiger charge is -2.10. The molecule has 1 amide bonds. The molecule has 3 heteroatoms. The summed E-state index contributed by atoms with van der Waals surface area (Å²) < 4.78 is 0. The Morgan fingerprint density at radius 1 is 1.50 bits per heavy atom. The zero-order valence-electron chi connectivity index (χ0n) is 9.49. The van der Waals surface area contributed by atoms with Crippen molar-refractivity contribution in [3.05, 3.63) is 29.8 Å². The summed E-state index contributed by atoms with van der Waals surface area (Å²) in [4.78, 5) is 12.9. The van der Waals surface area contributed by atoms with Crippen LogP contribution < -0.4 is 5.32 Å². The number of carbonyl (C=O) groups excluding carboxylic acids is 1. The first-order chi connectivity index (χ1) is 7.67. The molecule has 0 aliphatic carbocycles. The number of terminal acetylenes is 1. The van der Waals surface area contributed by atoms with Gasteiger partial charge in [0.15, 0.2) is 0 Å². The summed E-state index contributed by atoms with van der Waals surface area (Å²) in [7, 11) is 0. The number of thioether (sulfide) groups is 1. The Kier molecular flexibility index (Phi) is 4.94. The van der Waals surface area contributed by atoms with Crippen LogP contribution in [0, 0.1) is 12.3 Å². The van der Waals surface area contributed by atoms with Gasteiger partial charge in [0.25, 0.3) is 5.91 Å². The number of benzene rings is 1. The zero-order chi connectivity index (χ0) is 12.0. The van der Waals surface area contributed by atoms with E-state index in [4.69, 9.17) is 6.42 Å². The van der Waals surface area contributed by atoms with Gasteiger partial charge >= 0.3 is 0 Å². The van der Waals surface area contributed by atoms with Crippen molar-refractivity contribution in [2.45, 2.75) is 24.3 Å². The van der Waals surface area contributed by atoms with Crippen LogP contribution in [-0.4, -0.2) is 18.2 Å². The van der Waals surface area contributed by atoms with E-state index in [2.05, 4.69) is 11.2 Å². The van der Waals surface area contributed by atoms with Crippen LogP contribution in [0.1, 0.15) is 23.7 Å². The van der Waals surface area contributed by atoms with Gasteiger partial charge in [0.05, 0.1) is 0 Å². The molecule has 1 atom stereocenters. The third kappa shape index (κ3) is 3.63. The summed E-state index contributed by atoms with van der Waals surface area (Å²) in [6.45, 7) is 1.90. The third-order valence-electron chi connectivity index (χ3n) is 2.15. The van der Waals surface area contributed by atoms with Gasteiger partial charge < -0.3 is 5.32 Å². The van der Waals surface area contributed by atoms with Crippen LogP contribution >= 0.6 is 11.8 Å². The lowest BCUT2D eigenvalue weighted by Crippen LogP contribution is -2.32. The largest absolute Gasteiger partial charge is 0.349 e. The number of amides is 1. The van der Waals surface area contributed by atoms with Crippen LogP contribution in [-0.2, 0) is 0 Å². The molecule has 0 fully saturated rings. The smallest absolute Gasteiger partial charge is 0.251 e. The highest BCUT2D eigenvalue weighted by Crippen LogP contribution is 2.14. The molecule has 2 nitrogen and oxygen atoms in total. The lowest BCUT2D eigenvalue weighted by atomic mass is 10.2. The second-order valence-electron chi connectivity index (χ2n) is 3.51. The van der Waals surface area contributed by atoms with E-state index in [0.717, 1.165) is 4.90 Å². The predicted octanol–water partition coefficient (Wildman–Crippen LogP) is 2.55. The lowest BCUT2D eigenvalue weighted by molar-refractivity contribution is 0.0941. The topological polar surface area (TPSA) is 29.1 Å². The average molecular weight is 233 g/mol. The van der Waals surface area contributed by atoms with E-state index in [0.29, 0.717) is 12.0 Å². The van der Waals surface area contributed by atoms with E-state index < -0.39 is 0 Å². The summed E-state index contributed by atoms with van der Waals surface area (Å²) in [5, 5.41) is 2.85. The average Bonchev–Trinajstić information content (AvgIpc) is 2.29. The molecule has 0 radical (unpaired) electrons. The highest BCUT2D eigenvalue weighted by Gasteiger charge is 2.08. The maximum absolute atomic E-state index is 11.7. The molecule has 0 aliphatic heterocycles. The Balaban J connectivity index is 2.63. The molecule has 0 heterocycles. The fourth-order valence-corrected chi connectivity index (χ4v) is 1.69. The van der Waals surface area contributed by atoms with E-state index in [1.165, 1.54) is 0 Å². The van der Waals surface area contributed by atoms with Crippen molar-refractivity contribution in [3.63, 3.8) is 0 Å². The molecular weight excluding hydrogens is 218 g/mol. The van der Waals surface area contributed by atoms with Gasteiger partial charge in [0.2, 0.25) is 0 Å². The third-order valence-corrected chi connectivity index (χ3v) is 2.90. The number of hydrogen-bond acceptors (Lipinski definition) is 2. The monoisotopic (exact) mass is 233 g/mol. The molecule has 0 spiro atoms. The molecule has 0 aromatic heterocycles. The Morgan fingerprint density at radius 3 is 2.62 bits per heavy atom. The van der Waals surface area contributed by atoms with Gasteiger partial charge in [0, 0.05) is 22.9 Å². The Hall–Kier alpha value is -1.40. The van der Waals surface area contributed by atoms with Crippen molar-refractivity contribution < 1.29 is 4.79 Å². The predicted molar refractivity (Wildman–Crippen MR) is 68.6 cm³/mol. The van der Waals surface area contributed by atoms with Crippen molar-refractivity contribution in [3.8, 4) is 12.3 Å². The van der Waals surface area contributed by atoms with Crippen LogP contribution in [0.3, 0.4) is 0 Å². The number of rotatable bonds is 4. The maximum atomic E-state index is 11.7. The van der Waals surface area contributed by atoms with Crippen molar-refractivity contribution in [2.24, 2.45) is 0 Å². The molecule has 1 aromatic rings. The summed E-state index contributed by atoms with van der Waals surface area (Å²) in [6.07, 6.45) is 7.73. The number of hydrogen-bond donors (Lipinski definition) is 1. The first-order valence-electron chi connectivity index (χ1n) is 5.05. The van der Waals surface area contributed by atoms with Gasteiger partial charge in [-0.1, -0.05) is 0 Å². The Bertz CT molecular complexity index is 391. The fraction of sp³-hybridized carbons (Fsp3) is 0.308. The fourth-order valence-electron chi connectivity index (χ4n) is 1.28. The minimum Gasteiger partial charge on any atom is -0.349 e. The molecule has 16 heavy (non-hydrogen) atoms. The second-order valence-corrected chi connectivity index (χ2v) is 4.39. The van der Waals surface area contributed by atoms with Crippen LogP contribution in [0.25, 0.3) is 0 Å². The maximum Gasteiger partial charge on any atom is 0.251 e. The first-order valence-corrected chi connectivity index (χ1v) is 6.28. The van der Waals surface area contributed by atoms with Gasteiger partial charge in [0.1, 0.15) is 0 Å². The summed E-state index contributed by atoms with van der Waals surface area (Å²) in [5.74, 6) is 2.45. The quantitative estimate of drug-likeness (QED) is 0.639. The highest BCUT2D eigenvalue weighted by atomic mass is 32.2. The van der Waals surface area contributed by atoms with Gasteiger partial charge in [-0.05, 0) is 37.4 Å². The summed E-state index contributed by atoms with van der Waals surface area (Å²) in [6, 6.07) is 7.53. The normalized spacial score (nSPS) is 11.6. The zero-order valence-corrected chi connectivity index (χ0v) is 10.3. The standard InChI is InChI=1S/C13H15NOS/c1-4-5-10(2)14-13(15)11-6-8-12(16-3)9-7-11/h1,6-10H,5H2,2-3H3,(H,14,15). The van der Waals surface area contributed by atoms with Crippen LogP contribution in [0.15, 0.2) is 29.2 Å². The van der Waals surface area contributed by atoms with Crippen LogP contribution in [0.4, 0.5) is 0 Å². The first kappa shape index (κ1) is 12.7. The van der Waals surface area contributed by atoms with Gasteiger partial charge in [-0.25, -0.2) is 0 Å². The van der Waals surface area contributed by atoms with E-state index >= 15 is 0 Å². The van der Waals surface area contributed by atoms with Gasteiger partial charge in [-0.2, -0.15) is 0 Å². The Morgan fingerprint density at radius 2 is 2.12 bits per heavy atom. The highest BCUT2D eigenvalue weighted by molar-refractivity contribution is 7.98. The number of nitrogens with one attached hydrogen (secondary N) is 1. The van der Waals surface area contributed by atoms with Gasteiger partial charge in [-0.15, -0.1) is 24.1 Å². The second kappa shape index (κ2) is 6.24. The van der Waals surface area contributed by atoms with Crippen molar-refractivity contribution in [2.75, 3.05) is 6.26 Å². The van der Waals surface area contributed by atoms with Crippen molar-refractivity contribution >= 4 is 17.7 Å². The van der Waals surface area contributed by atoms with Crippen molar-refractivity contribution in [1.29, 1.82) is 0 Å². The van der Waals surface area contributed by atoms with Crippen LogP contribution in [0.5, 0.6) is 0 Å². The SMILES string of the molecule is C#CCC(C)NC(=O)c1ccc(SC)cc1. The molecule has 1 aromatic carbocycles. The molecular formula is C13H15NOS. The van der Waals surface area contributed by atoms with Crippen molar-refractivity contribution in [1.82, 2.24) is 5.32 Å². The minimum atomic E-state index is -0.0737. The van der Waals surface area contributed by atoms with E-state index in [1.807, 2.05) is 37.4 Å². The molecule has 0 saturated carbocycles. The molecule has 0 aliphatic rings. The summed E-state index contributed by atoms with van der Waals surface area (Å²) >= 11 is 1.65. The molecule has 0 saturated heterocycles. The Labute approximate surface area is 101 Å². The molecule has 1 rings (SSSR count). The number of carbonyl (C=O) groups is 1. The molecule has 0 bridgehead atoms. The van der Waals surface area contributed by atoms with E-state index in [-0.39, 0.29) is 11.9 Å².